The Bertz CT molecular complexity index is 915. The van der Waals surface area contributed by atoms with Crippen LogP contribution in [0.15, 0.2) is 55.0 Å². The fourth-order valence-electron chi connectivity index (χ4n) is 3.62. The Balaban J connectivity index is 1.42. The molecule has 0 saturated heterocycles. The van der Waals surface area contributed by atoms with Crippen LogP contribution in [0.4, 0.5) is 0 Å². The summed E-state index contributed by atoms with van der Waals surface area (Å²) >= 11 is 0. The number of carbonyl (C=O) groups is 1. The van der Waals surface area contributed by atoms with Crippen molar-refractivity contribution in [2.24, 2.45) is 0 Å². The third-order valence-corrected chi connectivity index (χ3v) is 5.29. The van der Waals surface area contributed by atoms with Crippen molar-refractivity contribution >= 4 is 5.91 Å². The van der Waals surface area contributed by atoms with E-state index in [4.69, 9.17) is 0 Å². The fourth-order valence-corrected chi connectivity index (χ4v) is 3.62. The molecule has 1 aliphatic rings. The minimum atomic E-state index is -0.127. The number of hydrogen-bond acceptors (Lipinski definition) is 3. The molecule has 138 valence electrons. The smallest absolute Gasteiger partial charge is 0.271 e. The molecular weight excluding hydrogens is 336 g/mol. The maximum absolute atomic E-state index is 12.5. The number of aryl methyl sites for hydroxylation is 2. The van der Waals surface area contributed by atoms with Crippen LogP contribution in [0.5, 0.6) is 0 Å². The molecule has 3 heterocycles. The molecule has 1 unspecified atom stereocenters. The SMILES string of the molecule is CCc1ccc(C2CCc3nc(C(=O)NCc4ccncc4)cn3C2)cc1. The molecule has 1 aliphatic heterocycles. The standard InChI is InChI=1S/C22H24N4O/c1-2-16-3-5-18(6-4-16)19-7-8-21-25-20(15-26(21)14-19)22(27)24-13-17-9-11-23-12-10-17/h3-6,9-12,15,19H,2,7-8,13-14H2,1H3,(H,24,27). The molecule has 0 bridgehead atoms. The minimum absolute atomic E-state index is 0.127. The van der Waals surface area contributed by atoms with E-state index in [0.717, 1.165) is 37.2 Å². The summed E-state index contributed by atoms with van der Waals surface area (Å²) in [5, 5.41) is 2.94. The van der Waals surface area contributed by atoms with Crippen LogP contribution in [0.1, 0.15) is 52.3 Å². The molecule has 1 N–H and O–H groups in total. The Labute approximate surface area is 159 Å². The first-order valence-corrected chi connectivity index (χ1v) is 9.55. The summed E-state index contributed by atoms with van der Waals surface area (Å²) in [6.45, 7) is 3.54. The van der Waals surface area contributed by atoms with Crippen molar-refractivity contribution < 1.29 is 4.79 Å². The van der Waals surface area contributed by atoms with Crippen LogP contribution in [-0.2, 0) is 25.9 Å². The van der Waals surface area contributed by atoms with Crippen molar-refractivity contribution in [3.05, 3.63) is 83.2 Å². The number of amides is 1. The number of benzene rings is 1. The molecular formula is C22H24N4O. The molecule has 0 fully saturated rings. The average Bonchev–Trinajstić information content (AvgIpc) is 3.16. The highest BCUT2D eigenvalue weighted by Gasteiger charge is 2.23. The van der Waals surface area contributed by atoms with Crippen molar-refractivity contribution in [1.29, 1.82) is 0 Å². The van der Waals surface area contributed by atoms with Crippen molar-refractivity contribution in [1.82, 2.24) is 19.9 Å². The monoisotopic (exact) mass is 360 g/mol. The molecule has 0 saturated carbocycles. The molecule has 0 spiro atoms. The number of hydrogen-bond donors (Lipinski definition) is 1. The molecule has 4 rings (SSSR count). The van der Waals surface area contributed by atoms with Crippen molar-refractivity contribution in [2.75, 3.05) is 0 Å². The Morgan fingerprint density at radius 2 is 1.93 bits per heavy atom. The van der Waals surface area contributed by atoms with Gasteiger partial charge in [0, 0.05) is 44.0 Å². The van der Waals surface area contributed by atoms with E-state index >= 15 is 0 Å². The van der Waals surface area contributed by atoms with E-state index in [0.29, 0.717) is 18.2 Å². The van der Waals surface area contributed by atoms with Gasteiger partial charge < -0.3 is 9.88 Å². The lowest BCUT2D eigenvalue weighted by Gasteiger charge is -2.24. The summed E-state index contributed by atoms with van der Waals surface area (Å²) in [5.74, 6) is 1.35. The first-order chi connectivity index (χ1) is 13.2. The van der Waals surface area contributed by atoms with E-state index in [2.05, 4.69) is 51.0 Å². The second kappa shape index (κ2) is 7.74. The van der Waals surface area contributed by atoms with Gasteiger partial charge in [-0.2, -0.15) is 0 Å². The van der Waals surface area contributed by atoms with Gasteiger partial charge >= 0.3 is 0 Å². The normalized spacial score (nSPS) is 16.0. The summed E-state index contributed by atoms with van der Waals surface area (Å²) in [7, 11) is 0. The van der Waals surface area contributed by atoms with E-state index < -0.39 is 0 Å². The molecule has 1 amide bonds. The zero-order valence-corrected chi connectivity index (χ0v) is 15.6. The van der Waals surface area contributed by atoms with Crippen LogP contribution >= 0.6 is 0 Å². The van der Waals surface area contributed by atoms with Crippen molar-refractivity contribution in [3.8, 4) is 0 Å². The van der Waals surface area contributed by atoms with E-state index in [1.54, 1.807) is 12.4 Å². The van der Waals surface area contributed by atoms with E-state index in [1.807, 2.05) is 18.3 Å². The van der Waals surface area contributed by atoms with Crippen LogP contribution in [0.2, 0.25) is 0 Å². The van der Waals surface area contributed by atoms with Gasteiger partial charge in [-0.1, -0.05) is 31.2 Å². The highest BCUT2D eigenvalue weighted by molar-refractivity contribution is 5.92. The third-order valence-electron chi connectivity index (χ3n) is 5.29. The van der Waals surface area contributed by atoms with Gasteiger partial charge in [0.2, 0.25) is 0 Å². The Kier molecular flexibility index (Phi) is 5.01. The van der Waals surface area contributed by atoms with Crippen molar-refractivity contribution in [2.45, 2.75) is 45.2 Å². The number of nitrogens with one attached hydrogen (secondary N) is 1. The molecule has 0 radical (unpaired) electrons. The van der Waals surface area contributed by atoms with Gasteiger partial charge in [0.25, 0.3) is 5.91 Å². The van der Waals surface area contributed by atoms with Crippen LogP contribution in [0.3, 0.4) is 0 Å². The zero-order chi connectivity index (χ0) is 18.6. The van der Waals surface area contributed by atoms with Gasteiger partial charge in [0.15, 0.2) is 0 Å². The largest absolute Gasteiger partial charge is 0.347 e. The number of rotatable bonds is 5. The van der Waals surface area contributed by atoms with Crippen LogP contribution < -0.4 is 5.32 Å². The number of imidazole rings is 1. The van der Waals surface area contributed by atoms with Crippen molar-refractivity contribution in [3.63, 3.8) is 0 Å². The number of fused-ring (bicyclic) bond motifs is 1. The molecule has 0 aliphatic carbocycles. The first kappa shape index (κ1) is 17.5. The summed E-state index contributed by atoms with van der Waals surface area (Å²) in [4.78, 5) is 21.0. The molecule has 5 heteroatoms. The minimum Gasteiger partial charge on any atom is -0.347 e. The lowest BCUT2D eigenvalue weighted by molar-refractivity contribution is 0.0946. The van der Waals surface area contributed by atoms with Gasteiger partial charge in [-0.05, 0) is 41.7 Å². The Morgan fingerprint density at radius 3 is 2.67 bits per heavy atom. The maximum Gasteiger partial charge on any atom is 0.271 e. The molecule has 5 nitrogen and oxygen atoms in total. The molecule has 2 aromatic heterocycles. The first-order valence-electron chi connectivity index (χ1n) is 9.55. The Morgan fingerprint density at radius 1 is 1.15 bits per heavy atom. The second-order valence-corrected chi connectivity index (χ2v) is 7.06. The highest BCUT2D eigenvalue weighted by atomic mass is 16.1. The summed E-state index contributed by atoms with van der Waals surface area (Å²) in [6, 6.07) is 12.7. The summed E-state index contributed by atoms with van der Waals surface area (Å²) in [5.41, 5.74) is 4.26. The topological polar surface area (TPSA) is 59.8 Å². The summed E-state index contributed by atoms with van der Waals surface area (Å²) < 4.78 is 2.14. The molecule has 3 aromatic rings. The van der Waals surface area contributed by atoms with Gasteiger partial charge in [-0.3, -0.25) is 9.78 Å². The van der Waals surface area contributed by atoms with Gasteiger partial charge in [-0.25, -0.2) is 4.98 Å². The quantitative estimate of drug-likeness (QED) is 0.757. The van der Waals surface area contributed by atoms with Crippen LogP contribution in [0, 0.1) is 0 Å². The average molecular weight is 360 g/mol. The number of aromatic nitrogens is 3. The number of nitrogens with zero attached hydrogens (tertiary/aromatic N) is 3. The lowest BCUT2D eigenvalue weighted by atomic mass is 9.91. The number of pyridine rings is 1. The molecule has 1 atom stereocenters. The lowest BCUT2D eigenvalue weighted by Crippen LogP contribution is -2.23. The van der Waals surface area contributed by atoms with Crippen LogP contribution in [-0.4, -0.2) is 20.4 Å². The molecule has 1 aromatic carbocycles. The van der Waals surface area contributed by atoms with E-state index in [1.165, 1.54) is 11.1 Å². The predicted molar refractivity (Wildman–Crippen MR) is 105 cm³/mol. The maximum atomic E-state index is 12.5. The highest BCUT2D eigenvalue weighted by Crippen LogP contribution is 2.29. The molecule has 27 heavy (non-hydrogen) atoms. The Hall–Kier alpha value is -2.95. The van der Waals surface area contributed by atoms with E-state index in [9.17, 15) is 4.79 Å². The van der Waals surface area contributed by atoms with Gasteiger partial charge in [-0.15, -0.1) is 0 Å². The fraction of sp³-hybridized carbons (Fsp3) is 0.318. The summed E-state index contributed by atoms with van der Waals surface area (Å²) in [6.07, 6.45) is 8.38. The second-order valence-electron chi connectivity index (χ2n) is 7.06. The third kappa shape index (κ3) is 3.92. The van der Waals surface area contributed by atoms with Crippen LogP contribution in [0.25, 0.3) is 0 Å². The number of carbonyl (C=O) groups excluding carboxylic acids is 1. The zero-order valence-electron chi connectivity index (χ0n) is 15.6. The van der Waals surface area contributed by atoms with Gasteiger partial charge in [0.05, 0.1) is 0 Å². The van der Waals surface area contributed by atoms with E-state index in [-0.39, 0.29) is 5.91 Å². The predicted octanol–water partition coefficient (Wildman–Crippen LogP) is 3.50. The van der Waals surface area contributed by atoms with Gasteiger partial charge in [0.1, 0.15) is 11.5 Å².